The second kappa shape index (κ2) is 5.83. The lowest BCUT2D eigenvalue weighted by molar-refractivity contribution is 0.509. The summed E-state index contributed by atoms with van der Waals surface area (Å²) in [5.74, 6) is 1.10. The lowest BCUT2D eigenvalue weighted by Crippen LogP contribution is -1.91. The summed E-state index contributed by atoms with van der Waals surface area (Å²) in [6.45, 7) is 1.99. The van der Waals surface area contributed by atoms with Gasteiger partial charge in [-0.25, -0.2) is 9.97 Å². The summed E-state index contributed by atoms with van der Waals surface area (Å²) in [6, 6.07) is 11.5. The van der Waals surface area contributed by atoms with Crippen molar-refractivity contribution in [2.75, 3.05) is 0 Å². The predicted molar refractivity (Wildman–Crippen MR) is 76.0 cm³/mol. The minimum atomic E-state index is 0.00219. The Bertz CT molecular complexity index is 672. The molecule has 0 radical (unpaired) electrons. The number of thioether (sulfide) groups is 1. The molecule has 3 aromatic rings. The maximum absolute atomic E-state index is 5.71. The fourth-order valence-electron chi connectivity index (χ4n) is 1.65. The molecule has 2 heterocycles. The van der Waals surface area contributed by atoms with Gasteiger partial charge in [-0.1, -0.05) is 30.0 Å². The highest BCUT2D eigenvalue weighted by atomic mass is 32.2. The molecular formula is C14H12N4OS. The molecule has 0 amide bonds. The molecule has 0 aliphatic carbocycles. The maximum atomic E-state index is 5.71. The van der Waals surface area contributed by atoms with Crippen LogP contribution in [0.3, 0.4) is 0 Å². The van der Waals surface area contributed by atoms with E-state index in [-0.39, 0.29) is 5.25 Å². The summed E-state index contributed by atoms with van der Waals surface area (Å²) >= 11 is 1.49. The van der Waals surface area contributed by atoms with E-state index in [0.717, 1.165) is 5.56 Å². The van der Waals surface area contributed by atoms with Crippen LogP contribution in [0.4, 0.5) is 0 Å². The largest absolute Gasteiger partial charge is 0.419 e. The molecule has 3 rings (SSSR count). The van der Waals surface area contributed by atoms with Crippen molar-refractivity contribution in [1.82, 2.24) is 20.2 Å². The van der Waals surface area contributed by atoms with Gasteiger partial charge in [-0.05, 0) is 25.1 Å². The van der Waals surface area contributed by atoms with Gasteiger partial charge in [0.15, 0.2) is 5.16 Å². The summed E-state index contributed by atoms with van der Waals surface area (Å²) in [6.07, 6.45) is 3.43. The Morgan fingerprint density at radius 2 is 1.75 bits per heavy atom. The molecule has 6 heteroatoms. The third kappa shape index (κ3) is 2.85. The first kappa shape index (κ1) is 12.8. The van der Waals surface area contributed by atoms with Gasteiger partial charge in [-0.2, -0.15) is 0 Å². The van der Waals surface area contributed by atoms with Crippen LogP contribution < -0.4 is 0 Å². The normalized spacial score (nSPS) is 12.2. The number of aromatic nitrogens is 4. The molecule has 0 aliphatic rings. The highest BCUT2D eigenvalue weighted by molar-refractivity contribution is 7.99. The molecule has 1 atom stereocenters. The van der Waals surface area contributed by atoms with Gasteiger partial charge in [-0.3, -0.25) is 0 Å². The topological polar surface area (TPSA) is 64.7 Å². The molecule has 1 aromatic carbocycles. The van der Waals surface area contributed by atoms with Crippen molar-refractivity contribution in [3.63, 3.8) is 0 Å². The van der Waals surface area contributed by atoms with Crippen molar-refractivity contribution in [1.29, 1.82) is 0 Å². The van der Waals surface area contributed by atoms with Crippen LogP contribution >= 0.6 is 11.8 Å². The number of benzene rings is 1. The van der Waals surface area contributed by atoms with E-state index in [2.05, 4.69) is 20.2 Å². The van der Waals surface area contributed by atoms with Crippen molar-refractivity contribution >= 4 is 11.8 Å². The number of nitrogens with zero attached hydrogens (tertiary/aromatic N) is 4. The molecule has 0 spiro atoms. The Morgan fingerprint density at radius 1 is 1.00 bits per heavy atom. The average molecular weight is 284 g/mol. The fourth-order valence-corrected chi connectivity index (χ4v) is 2.41. The molecule has 0 saturated heterocycles. The highest BCUT2D eigenvalue weighted by Crippen LogP contribution is 2.32. The zero-order valence-electron chi connectivity index (χ0n) is 10.8. The molecule has 5 nitrogen and oxygen atoms in total. The summed E-state index contributed by atoms with van der Waals surface area (Å²) in [5.41, 5.74) is 0.916. The van der Waals surface area contributed by atoms with Crippen molar-refractivity contribution < 1.29 is 4.42 Å². The molecule has 0 unspecified atom stereocenters. The number of rotatable bonds is 4. The van der Waals surface area contributed by atoms with Gasteiger partial charge in [0.1, 0.15) is 0 Å². The second-order valence-corrected chi connectivity index (χ2v) is 5.41. The van der Waals surface area contributed by atoms with Crippen LogP contribution in [-0.2, 0) is 0 Å². The Labute approximate surface area is 120 Å². The quantitative estimate of drug-likeness (QED) is 0.540. The van der Waals surface area contributed by atoms with Gasteiger partial charge in [0, 0.05) is 18.0 Å². The maximum Gasteiger partial charge on any atom is 0.247 e. The van der Waals surface area contributed by atoms with Gasteiger partial charge in [0.25, 0.3) is 0 Å². The fraction of sp³-hybridized carbons (Fsp3) is 0.143. The lowest BCUT2D eigenvalue weighted by atomic mass is 10.2. The predicted octanol–water partition coefficient (Wildman–Crippen LogP) is 3.38. The van der Waals surface area contributed by atoms with Crippen LogP contribution in [0, 0.1) is 0 Å². The van der Waals surface area contributed by atoms with E-state index in [0.29, 0.717) is 16.9 Å². The molecule has 2 aromatic heterocycles. The van der Waals surface area contributed by atoms with Gasteiger partial charge < -0.3 is 4.42 Å². The van der Waals surface area contributed by atoms with Crippen molar-refractivity contribution in [3.05, 3.63) is 54.7 Å². The molecule has 0 aliphatic heterocycles. The monoisotopic (exact) mass is 284 g/mol. The minimum absolute atomic E-state index is 0.00219. The van der Waals surface area contributed by atoms with Gasteiger partial charge in [0.2, 0.25) is 11.8 Å². The Balaban J connectivity index is 1.77. The summed E-state index contributed by atoms with van der Waals surface area (Å²) in [7, 11) is 0. The Morgan fingerprint density at radius 3 is 2.50 bits per heavy atom. The molecule has 0 fully saturated rings. The van der Waals surface area contributed by atoms with Gasteiger partial charge in [0.05, 0.1) is 5.25 Å². The van der Waals surface area contributed by atoms with Gasteiger partial charge in [-0.15, -0.1) is 10.2 Å². The summed E-state index contributed by atoms with van der Waals surface area (Å²) in [4.78, 5) is 8.34. The smallest absolute Gasteiger partial charge is 0.247 e. The van der Waals surface area contributed by atoms with Gasteiger partial charge >= 0.3 is 0 Å². The standard InChI is InChI=1S/C14H12N4OS/c1-10(20-14-15-8-5-9-16-14)12-17-18-13(19-12)11-6-3-2-4-7-11/h2-10H,1H3/t10-/m1/s1. The molecule has 0 N–H and O–H groups in total. The average Bonchev–Trinajstić information content (AvgIpc) is 2.99. The van der Waals surface area contributed by atoms with Crippen LogP contribution in [0.2, 0.25) is 0 Å². The van der Waals surface area contributed by atoms with Crippen molar-refractivity contribution in [2.24, 2.45) is 0 Å². The molecule has 100 valence electrons. The molecule has 0 saturated carbocycles. The molecular weight excluding hydrogens is 272 g/mol. The molecule has 0 bridgehead atoms. The minimum Gasteiger partial charge on any atom is -0.419 e. The van der Waals surface area contributed by atoms with Crippen LogP contribution in [-0.4, -0.2) is 20.2 Å². The molecule has 20 heavy (non-hydrogen) atoms. The van der Waals surface area contributed by atoms with E-state index in [1.807, 2.05) is 37.3 Å². The van der Waals surface area contributed by atoms with E-state index in [1.165, 1.54) is 11.8 Å². The first-order valence-corrected chi connectivity index (χ1v) is 7.03. The Kier molecular flexibility index (Phi) is 3.73. The highest BCUT2D eigenvalue weighted by Gasteiger charge is 2.17. The van der Waals surface area contributed by atoms with E-state index in [9.17, 15) is 0 Å². The number of hydrogen-bond acceptors (Lipinski definition) is 6. The van der Waals surface area contributed by atoms with Crippen LogP contribution in [0.5, 0.6) is 0 Å². The summed E-state index contributed by atoms with van der Waals surface area (Å²) < 4.78 is 5.71. The zero-order valence-corrected chi connectivity index (χ0v) is 11.6. The van der Waals surface area contributed by atoms with Crippen LogP contribution in [0.15, 0.2) is 58.4 Å². The van der Waals surface area contributed by atoms with Crippen molar-refractivity contribution in [3.8, 4) is 11.5 Å². The second-order valence-electron chi connectivity index (χ2n) is 4.10. The van der Waals surface area contributed by atoms with Crippen molar-refractivity contribution in [2.45, 2.75) is 17.3 Å². The van der Waals surface area contributed by atoms with E-state index < -0.39 is 0 Å². The number of hydrogen-bond donors (Lipinski definition) is 0. The SMILES string of the molecule is C[C@@H](Sc1ncccn1)c1nnc(-c2ccccc2)o1. The van der Waals surface area contributed by atoms with E-state index in [1.54, 1.807) is 18.5 Å². The lowest BCUT2D eigenvalue weighted by Gasteiger charge is -2.03. The van der Waals surface area contributed by atoms with Crippen LogP contribution in [0.25, 0.3) is 11.5 Å². The zero-order chi connectivity index (χ0) is 13.8. The summed E-state index contributed by atoms with van der Waals surface area (Å²) in [5, 5.41) is 8.87. The first-order chi connectivity index (χ1) is 9.83. The van der Waals surface area contributed by atoms with E-state index >= 15 is 0 Å². The van der Waals surface area contributed by atoms with Crippen LogP contribution in [0.1, 0.15) is 18.1 Å². The van der Waals surface area contributed by atoms with E-state index in [4.69, 9.17) is 4.42 Å². The first-order valence-electron chi connectivity index (χ1n) is 6.15. The third-order valence-corrected chi connectivity index (χ3v) is 3.61. The Hall–Kier alpha value is -2.21. The third-order valence-electron chi connectivity index (χ3n) is 2.63.